The van der Waals surface area contributed by atoms with Crippen LogP contribution in [0.15, 0.2) is 0 Å². The van der Waals surface area contributed by atoms with E-state index in [-0.39, 0.29) is 0 Å². The Bertz CT molecular complexity index is 376. The number of rotatable bonds is 22. The average molecular weight is 403 g/mol. The molecule has 0 atom stereocenters. The highest BCUT2D eigenvalue weighted by Crippen LogP contribution is 2.13. The van der Waals surface area contributed by atoms with Gasteiger partial charge in [0.15, 0.2) is 0 Å². The van der Waals surface area contributed by atoms with Gasteiger partial charge in [-0.3, -0.25) is 0 Å². The quantitative estimate of drug-likeness (QED) is 0.171. The monoisotopic (exact) mass is 402 g/mol. The van der Waals surface area contributed by atoms with Gasteiger partial charge < -0.3 is 0 Å². The van der Waals surface area contributed by atoms with Crippen molar-refractivity contribution in [2.24, 2.45) is 0 Å². The van der Waals surface area contributed by atoms with Gasteiger partial charge in [-0.15, -0.1) is 0 Å². The van der Waals surface area contributed by atoms with Crippen molar-refractivity contribution in [2.75, 3.05) is 11.5 Å². The maximum absolute atomic E-state index is 12.0. The summed E-state index contributed by atoms with van der Waals surface area (Å²) in [6.45, 7) is 4.48. The highest BCUT2D eigenvalue weighted by atomic mass is 32.2. The van der Waals surface area contributed by atoms with E-state index in [9.17, 15) is 8.42 Å². The summed E-state index contributed by atoms with van der Waals surface area (Å²) in [7, 11) is -2.79. The second-order valence-electron chi connectivity index (χ2n) is 8.52. The molecule has 0 rings (SSSR count). The van der Waals surface area contributed by atoms with Crippen molar-refractivity contribution in [3.8, 4) is 0 Å². The molecule has 0 aromatic heterocycles. The van der Waals surface area contributed by atoms with E-state index in [0.717, 1.165) is 25.7 Å². The first-order valence-corrected chi connectivity index (χ1v) is 14.1. The van der Waals surface area contributed by atoms with E-state index in [1.54, 1.807) is 0 Å². The largest absolute Gasteiger partial charge is 0.229 e. The van der Waals surface area contributed by atoms with Crippen LogP contribution in [0.5, 0.6) is 0 Å². The molecule has 0 aliphatic rings. The minimum atomic E-state index is -2.79. The van der Waals surface area contributed by atoms with Crippen LogP contribution in [-0.4, -0.2) is 19.9 Å². The molecule has 164 valence electrons. The molecule has 0 saturated carbocycles. The minimum Gasteiger partial charge on any atom is -0.229 e. The molecule has 27 heavy (non-hydrogen) atoms. The molecular formula is C24H50O2S. The lowest BCUT2D eigenvalue weighted by Gasteiger charge is -2.05. The maximum atomic E-state index is 12.0. The van der Waals surface area contributed by atoms with E-state index in [2.05, 4.69) is 13.8 Å². The molecule has 0 radical (unpaired) electrons. The summed E-state index contributed by atoms with van der Waals surface area (Å²) in [5.41, 5.74) is 0. The standard InChI is InChI=1S/C24H50O2S/c1-3-5-7-9-11-12-13-14-15-16-17-18-20-22-24-27(25,26)23-21-19-10-8-6-4-2/h3-24H2,1-2H3. The van der Waals surface area contributed by atoms with Crippen LogP contribution in [0.2, 0.25) is 0 Å². The fourth-order valence-corrected chi connectivity index (χ4v) is 5.21. The third kappa shape index (κ3) is 22.1. The summed E-state index contributed by atoms with van der Waals surface area (Å²) < 4.78 is 24.1. The van der Waals surface area contributed by atoms with Gasteiger partial charge in [-0.2, -0.15) is 0 Å². The van der Waals surface area contributed by atoms with Crippen molar-refractivity contribution in [2.45, 2.75) is 142 Å². The zero-order valence-corrected chi connectivity index (χ0v) is 19.6. The van der Waals surface area contributed by atoms with Crippen LogP contribution in [-0.2, 0) is 9.84 Å². The minimum absolute atomic E-state index is 0.414. The smallest absolute Gasteiger partial charge is 0.150 e. The van der Waals surface area contributed by atoms with Crippen LogP contribution in [0.3, 0.4) is 0 Å². The van der Waals surface area contributed by atoms with Gasteiger partial charge in [-0.25, -0.2) is 8.42 Å². The van der Waals surface area contributed by atoms with E-state index in [4.69, 9.17) is 0 Å². The van der Waals surface area contributed by atoms with Crippen molar-refractivity contribution < 1.29 is 8.42 Å². The molecule has 0 bridgehead atoms. The Morgan fingerprint density at radius 2 is 0.593 bits per heavy atom. The fraction of sp³-hybridized carbons (Fsp3) is 1.00. The zero-order valence-electron chi connectivity index (χ0n) is 18.8. The summed E-state index contributed by atoms with van der Waals surface area (Å²) in [5.74, 6) is 0.831. The molecule has 0 aliphatic heterocycles. The molecule has 0 fully saturated rings. The first-order valence-electron chi connectivity index (χ1n) is 12.3. The normalized spacial score (nSPS) is 11.9. The highest BCUT2D eigenvalue weighted by molar-refractivity contribution is 7.91. The lowest BCUT2D eigenvalue weighted by molar-refractivity contribution is 0.537. The molecule has 3 heteroatoms. The molecule has 0 aromatic rings. The van der Waals surface area contributed by atoms with Gasteiger partial charge in [-0.05, 0) is 12.8 Å². The van der Waals surface area contributed by atoms with Crippen LogP contribution in [0, 0.1) is 0 Å². The van der Waals surface area contributed by atoms with Crippen molar-refractivity contribution in [3.63, 3.8) is 0 Å². The molecule has 0 saturated heterocycles. The lowest BCUT2D eigenvalue weighted by atomic mass is 10.0. The van der Waals surface area contributed by atoms with Crippen LogP contribution in [0.25, 0.3) is 0 Å². The molecule has 0 unspecified atom stereocenters. The van der Waals surface area contributed by atoms with Gasteiger partial charge in [-0.1, -0.05) is 129 Å². The van der Waals surface area contributed by atoms with Gasteiger partial charge in [0.1, 0.15) is 9.84 Å². The maximum Gasteiger partial charge on any atom is 0.150 e. The zero-order chi connectivity index (χ0) is 20.1. The predicted molar refractivity (Wildman–Crippen MR) is 122 cm³/mol. The Hall–Kier alpha value is -0.0500. The molecule has 2 nitrogen and oxygen atoms in total. The second-order valence-corrected chi connectivity index (χ2v) is 10.8. The van der Waals surface area contributed by atoms with Gasteiger partial charge in [0, 0.05) is 0 Å². The summed E-state index contributed by atoms with van der Waals surface area (Å²) in [6.07, 6.45) is 25.3. The number of hydrogen-bond donors (Lipinski definition) is 0. The molecule has 0 aromatic carbocycles. The van der Waals surface area contributed by atoms with Crippen molar-refractivity contribution >= 4 is 9.84 Å². The number of sulfone groups is 1. The van der Waals surface area contributed by atoms with E-state index in [1.807, 2.05) is 0 Å². The molecule has 0 heterocycles. The van der Waals surface area contributed by atoms with E-state index in [0.29, 0.717) is 11.5 Å². The van der Waals surface area contributed by atoms with Gasteiger partial charge >= 0.3 is 0 Å². The Balaban J connectivity index is 3.28. The Labute approximate surface area is 172 Å². The van der Waals surface area contributed by atoms with Gasteiger partial charge in [0.2, 0.25) is 0 Å². The van der Waals surface area contributed by atoms with E-state index >= 15 is 0 Å². The first kappa shape index (κ1) is 27.0. The summed E-state index contributed by atoms with van der Waals surface area (Å²) >= 11 is 0. The lowest BCUT2D eigenvalue weighted by Crippen LogP contribution is -2.11. The first-order chi connectivity index (χ1) is 13.1. The van der Waals surface area contributed by atoms with Crippen molar-refractivity contribution in [1.29, 1.82) is 0 Å². The van der Waals surface area contributed by atoms with Crippen molar-refractivity contribution in [3.05, 3.63) is 0 Å². The van der Waals surface area contributed by atoms with Crippen molar-refractivity contribution in [1.82, 2.24) is 0 Å². The van der Waals surface area contributed by atoms with Crippen LogP contribution in [0.4, 0.5) is 0 Å². The third-order valence-corrected chi connectivity index (χ3v) is 7.44. The molecule has 0 N–H and O–H groups in total. The molecule has 0 spiro atoms. The summed E-state index contributed by atoms with van der Waals surface area (Å²) in [6, 6.07) is 0. The number of hydrogen-bond acceptors (Lipinski definition) is 2. The predicted octanol–water partition coefficient (Wildman–Crippen LogP) is 8.24. The average Bonchev–Trinajstić information content (AvgIpc) is 2.65. The second kappa shape index (κ2) is 20.7. The molecular weight excluding hydrogens is 352 g/mol. The Morgan fingerprint density at radius 1 is 0.370 bits per heavy atom. The van der Waals surface area contributed by atoms with E-state index in [1.165, 1.54) is 103 Å². The highest BCUT2D eigenvalue weighted by Gasteiger charge is 2.09. The Morgan fingerprint density at radius 3 is 0.852 bits per heavy atom. The van der Waals surface area contributed by atoms with E-state index < -0.39 is 9.84 Å². The van der Waals surface area contributed by atoms with Gasteiger partial charge in [0.25, 0.3) is 0 Å². The summed E-state index contributed by atoms with van der Waals surface area (Å²) in [5, 5.41) is 0. The SMILES string of the molecule is CCCCCCCCCCCCCCCCS(=O)(=O)CCCCCCCC. The van der Waals surface area contributed by atoms with Gasteiger partial charge in [0.05, 0.1) is 11.5 Å². The molecule has 0 aliphatic carbocycles. The van der Waals surface area contributed by atoms with Crippen LogP contribution < -0.4 is 0 Å². The summed E-state index contributed by atoms with van der Waals surface area (Å²) in [4.78, 5) is 0. The third-order valence-electron chi connectivity index (χ3n) is 5.62. The fourth-order valence-electron chi connectivity index (χ4n) is 3.72. The van der Waals surface area contributed by atoms with Crippen LogP contribution >= 0.6 is 0 Å². The number of unbranched alkanes of at least 4 members (excludes halogenated alkanes) is 18. The van der Waals surface area contributed by atoms with Crippen LogP contribution in [0.1, 0.15) is 142 Å². The Kier molecular flexibility index (Phi) is 20.6. The topological polar surface area (TPSA) is 34.1 Å². The molecule has 0 amide bonds.